The number of hydrogen-bond donors (Lipinski definition) is 1. The lowest BCUT2D eigenvalue weighted by molar-refractivity contribution is 1.28. The van der Waals surface area contributed by atoms with Crippen molar-refractivity contribution >= 4 is 77.2 Å². The molecular weight excluding hydrogens is 903 g/mol. The molecule has 8 rings (SSSR count). The van der Waals surface area contributed by atoms with E-state index in [1.165, 1.54) is 37.0 Å². The van der Waals surface area contributed by atoms with Gasteiger partial charge in [0.15, 0.2) is 0 Å². The van der Waals surface area contributed by atoms with E-state index in [-0.39, 0.29) is 7.43 Å². The van der Waals surface area contributed by atoms with Crippen LogP contribution in [0, 0.1) is 3.57 Å². The molecule has 0 unspecified atom stereocenters. The molecule has 0 atom stereocenters. The number of nitrogens with zero attached hydrogens (tertiary/aromatic N) is 1. The Morgan fingerprint density at radius 1 is 0.333 bits per heavy atom. The predicted molar refractivity (Wildman–Crippen MR) is 250 cm³/mol. The Morgan fingerprint density at radius 3 is 0.907 bits per heavy atom. The highest BCUT2D eigenvalue weighted by Gasteiger charge is 2.13. The third-order valence-corrected chi connectivity index (χ3v) is 10.1. The maximum absolute atomic E-state index is 5.41. The zero-order valence-corrected chi connectivity index (χ0v) is 34.2. The fraction of sp³-hybridized carbons (Fsp3) is 0.0204. The number of benzene rings is 8. The minimum Gasteiger partial charge on any atom is -0.399 e. The second-order valence-corrected chi connectivity index (χ2v) is 15.1. The van der Waals surface area contributed by atoms with Crippen LogP contribution in [0.5, 0.6) is 0 Å². The molecule has 0 spiro atoms. The monoisotopic (exact) mass is 942 g/mol. The van der Waals surface area contributed by atoms with Crippen molar-refractivity contribution < 1.29 is 0 Å². The van der Waals surface area contributed by atoms with Gasteiger partial charge >= 0.3 is 0 Å². The number of hydrogen-bond acceptors (Lipinski definition) is 2. The summed E-state index contributed by atoms with van der Waals surface area (Å²) in [7, 11) is 0. The van der Waals surface area contributed by atoms with Crippen LogP contribution in [0.4, 0.5) is 22.7 Å². The smallest absolute Gasteiger partial charge is 0.0462 e. The number of rotatable bonds is 6. The molecule has 0 aliphatic carbocycles. The maximum Gasteiger partial charge on any atom is 0.0462 e. The van der Waals surface area contributed by atoms with Crippen LogP contribution in [0.1, 0.15) is 7.43 Å². The third kappa shape index (κ3) is 11.5. The molecule has 0 amide bonds. The van der Waals surface area contributed by atoms with Crippen molar-refractivity contribution in [3.63, 3.8) is 0 Å². The van der Waals surface area contributed by atoms with Crippen LogP contribution in [-0.4, -0.2) is 0 Å². The summed E-state index contributed by atoms with van der Waals surface area (Å²) in [5.74, 6) is 0. The molecule has 8 aromatic carbocycles. The van der Waals surface area contributed by atoms with Gasteiger partial charge in [-0.05, 0) is 141 Å². The van der Waals surface area contributed by atoms with Gasteiger partial charge in [-0.3, -0.25) is 0 Å². The fourth-order valence-electron chi connectivity index (χ4n) is 5.64. The zero-order valence-electron chi connectivity index (χ0n) is 28.9. The lowest BCUT2D eigenvalue weighted by Gasteiger charge is -2.26. The number of anilines is 4. The quantitative estimate of drug-likeness (QED) is 0.133. The second kappa shape index (κ2) is 20.5. The van der Waals surface area contributed by atoms with Gasteiger partial charge in [-0.15, -0.1) is 0 Å². The number of nitrogens with two attached hydrogens (primary N) is 1. The standard InChI is InChI=1S/C30H22BrN.C12H9I.C6H6BrN.CH4/c31-27-15-21-30(22-16-27)32(28-17-11-25(12-18-28)23-7-3-1-4-8-23)29-19-13-26(14-20-29)24-9-5-2-6-10-24;13-12-8-6-11(7-9-12)10-4-2-1-3-5-10;7-5-1-3-6(8)4-2-5;/h1-22H;1-9H;1-4H,8H2;1H4. The largest absolute Gasteiger partial charge is 0.399 e. The zero-order chi connectivity index (χ0) is 36.8. The Bertz CT molecular complexity index is 2160. The SMILES string of the molecule is Brc1ccc(N(c2ccc(-c3ccccc3)cc2)c2ccc(-c3ccccc3)cc2)cc1.C.Ic1ccc(-c2ccccc2)cc1.Nc1ccc(Br)cc1. The molecule has 0 bridgehead atoms. The Morgan fingerprint density at radius 2 is 0.593 bits per heavy atom. The average molecular weight is 945 g/mol. The minimum absolute atomic E-state index is 0. The first-order chi connectivity index (χ1) is 25.9. The van der Waals surface area contributed by atoms with Crippen molar-refractivity contribution in [3.05, 3.63) is 225 Å². The molecule has 0 radical (unpaired) electrons. The van der Waals surface area contributed by atoms with E-state index in [0.717, 1.165) is 31.7 Å². The van der Waals surface area contributed by atoms with Crippen LogP contribution in [0.2, 0.25) is 0 Å². The van der Waals surface area contributed by atoms with E-state index in [1.54, 1.807) is 0 Å². The van der Waals surface area contributed by atoms with Gasteiger partial charge in [0.05, 0.1) is 0 Å². The van der Waals surface area contributed by atoms with E-state index in [4.69, 9.17) is 5.73 Å². The van der Waals surface area contributed by atoms with Crippen molar-refractivity contribution in [1.82, 2.24) is 0 Å². The van der Waals surface area contributed by atoms with Crippen molar-refractivity contribution in [2.75, 3.05) is 10.6 Å². The summed E-state index contributed by atoms with van der Waals surface area (Å²) >= 11 is 9.17. The van der Waals surface area contributed by atoms with Crippen molar-refractivity contribution in [1.29, 1.82) is 0 Å². The summed E-state index contributed by atoms with van der Waals surface area (Å²) in [6.07, 6.45) is 0. The minimum atomic E-state index is 0. The molecule has 8 aromatic rings. The van der Waals surface area contributed by atoms with Crippen LogP contribution in [0.15, 0.2) is 221 Å². The Kier molecular flexibility index (Phi) is 15.3. The van der Waals surface area contributed by atoms with Gasteiger partial charge in [0.25, 0.3) is 0 Å². The molecule has 0 aliphatic heterocycles. The normalized spacial score (nSPS) is 10.1. The fourth-order valence-corrected chi connectivity index (χ4v) is 6.53. The Balaban J connectivity index is 0.000000208. The van der Waals surface area contributed by atoms with Gasteiger partial charge in [0, 0.05) is 35.3 Å². The van der Waals surface area contributed by atoms with Gasteiger partial charge in [0.2, 0.25) is 0 Å². The lowest BCUT2D eigenvalue weighted by atomic mass is 10.0. The highest BCUT2D eigenvalue weighted by molar-refractivity contribution is 14.1. The summed E-state index contributed by atoms with van der Waals surface area (Å²) in [4.78, 5) is 2.29. The van der Waals surface area contributed by atoms with Gasteiger partial charge in [-0.25, -0.2) is 0 Å². The second-order valence-electron chi connectivity index (χ2n) is 12.1. The summed E-state index contributed by atoms with van der Waals surface area (Å²) in [6.45, 7) is 0. The summed E-state index contributed by atoms with van der Waals surface area (Å²) in [6, 6.07) is 73.4. The highest BCUT2D eigenvalue weighted by atomic mass is 127. The highest BCUT2D eigenvalue weighted by Crippen LogP contribution is 2.37. The van der Waals surface area contributed by atoms with Gasteiger partial charge < -0.3 is 10.6 Å². The Labute approximate surface area is 350 Å². The van der Waals surface area contributed by atoms with Gasteiger partial charge in [-0.1, -0.05) is 167 Å². The molecule has 0 saturated heterocycles. The molecule has 0 aromatic heterocycles. The molecule has 0 heterocycles. The van der Waals surface area contributed by atoms with E-state index in [9.17, 15) is 0 Å². The van der Waals surface area contributed by atoms with Gasteiger partial charge in [-0.2, -0.15) is 0 Å². The summed E-state index contributed by atoms with van der Waals surface area (Å²) in [5.41, 5.74) is 17.0. The van der Waals surface area contributed by atoms with Crippen LogP contribution in [0.25, 0.3) is 33.4 Å². The molecule has 268 valence electrons. The molecule has 0 aliphatic rings. The van der Waals surface area contributed by atoms with Crippen LogP contribution >= 0.6 is 54.5 Å². The molecule has 2 nitrogen and oxygen atoms in total. The van der Waals surface area contributed by atoms with Crippen molar-refractivity contribution in [2.45, 2.75) is 7.43 Å². The molecule has 2 N–H and O–H groups in total. The third-order valence-electron chi connectivity index (χ3n) is 8.37. The maximum atomic E-state index is 5.41. The predicted octanol–water partition coefficient (Wildman–Crippen LogP) is 15.9. The first-order valence-electron chi connectivity index (χ1n) is 17.1. The average Bonchev–Trinajstić information content (AvgIpc) is 3.22. The topological polar surface area (TPSA) is 29.3 Å². The molecule has 0 saturated carbocycles. The molecule has 0 fully saturated rings. The van der Waals surface area contributed by atoms with E-state index in [1.807, 2.05) is 42.5 Å². The Hall–Kier alpha value is -4.95. The molecule has 5 heteroatoms. The van der Waals surface area contributed by atoms with E-state index in [2.05, 4.69) is 229 Å². The first-order valence-corrected chi connectivity index (χ1v) is 19.8. The first kappa shape index (κ1) is 40.2. The van der Waals surface area contributed by atoms with E-state index >= 15 is 0 Å². The van der Waals surface area contributed by atoms with Crippen LogP contribution in [-0.2, 0) is 0 Å². The number of nitrogen functional groups attached to an aromatic ring is 1. The van der Waals surface area contributed by atoms with Crippen LogP contribution in [0.3, 0.4) is 0 Å². The van der Waals surface area contributed by atoms with E-state index in [0.29, 0.717) is 0 Å². The van der Waals surface area contributed by atoms with Gasteiger partial charge in [0.1, 0.15) is 0 Å². The van der Waals surface area contributed by atoms with Crippen molar-refractivity contribution in [3.8, 4) is 33.4 Å². The molecular formula is C49H41Br2IN2. The molecule has 54 heavy (non-hydrogen) atoms. The summed E-state index contributed by atoms with van der Waals surface area (Å²) in [5, 5.41) is 0. The number of halogens is 3. The van der Waals surface area contributed by atoms with Crippen LogP contribution < -0.4 is 10.6 Å². The van der Waals surface area contributed by atoms with E-state index < -0.39 is 0 Å². The summed E-state index contributed by atoms with van der Waals surface area (Å²) < 4.78 is 3.41. The lowest BCUT2D eigenvalue weighted by Crippen LogP contribution is -2.09. The van der Waals surface area contributed by atoms with Crippen molar-refractivity contribution in [2.24, 2.45) is 0 Å².